The van der Waals surface area contributed by atoms with Crippen molar-refractivity contribution >= 4 is 18.0 Å². The highest BCUT2D eigenvalue weighted by Gasteiger charge is 2.32. The summed E-state index contributed by atoms with van der Waals surface area (Å²) >= 11 is 0. The van der Waals surface area contributed by atoms with Crippen molar-refractivity contribution in [2.75, 3.05) is 13.2 Å². The fraction of sp³-hybridized carbons (Fsp3) is 0.435. The van der Waals surface area contributed by atoms with Gasteiger partial charge >= 0.3 is 11.9 Å². The molecule has 0 saturated heterocycles. The zero-order valence-electron chi connectivity index (χ0n) is 17.1. The minimum Gasteiger partial charge on any atom is -0.466 e. The van der Waals surface area contributed by atoms with E-state index in [0.29, 0.717) is 13.2 Å². The largest absolute Gasteiger partial charge is 0.466 e. The van der Waals surface area contributed by atoms with Gasteiger partial charge in [0.15, 0.2) is 0 Å². The Kier molecular flexibility index (Phi) is 7.22. The lowest BCUT2D eigenvalue weighted by Gasteiger charge is -2.13. The van der Waals surface area contributed by atoms with Crippen LogP contribution in [0.2, 0.25) is 0 Å². The van der Waals surface area contributed by atoms with Crippen molar-refractivity contribution in [1.29, 1.82) is 0 Å². The van der Waals surface area contributed by atoms with Gasteiger partial charge in [-0.05, 0) is 36.1 Å². The third-order valence-electron chi connectivity index (χ3n) is 4.97. The van der Waals surface area contributed by atoms with E-state index >= 15 is 0 Å². The van der Waals surface area contributed by atoms with Crippen molar-refractivity contribution in [3.05, 3.63) is 47.7 Å². The molecule has 0 N–H and O–H groups in total. The predicted molar refractivity (Wildman–Crippen MR) is 111 cm³/mol. The molecule has 2 heterocycles. The van der Waals surface area contributed by atoms with E-state index in [1.54, 1.807) is 12.3 Å². The molecule has 0 saturated carbocycles. The van der Waals surface area contributed by atoms with Crippen LogP contribution in [-0.4, -0.2) is 34.9 Å². The van der Waals surface area contributed by atoms with Crippen LogP contribution >= 0.6 is 0 Å². The van der Waals surface area contributed by atoms with Crippen LogP contribution in [0.3, 0.4) is 0 Å². The van der Waals surface area contributed by atoms with Crippen molar-refractivity contribution in [2.45, 2.75) is 52.0 Å². The number of unbranched alkanes of at least 4 members (excludes halogenated alkanes) is 2. The molecule has 0 spiro atoms. The van der Waals surface area contributed by atoms with Crippen LogP contribution in [0, 0.1) is 0 Å². The summed E-state index contributed by atoms with van der Waals surface area (Å²) in [6.45, 7) is 4.99. The zero-order valence-corrected chi connectivity index (χ0v) is 17.1. The zero-order chi connectivity index (χ0) is 20.6. The molecule has 0 radical (unpaired) electrons. The summed E-state index contributed by atoms with van der Waals surface area (Å²) in [5, 5.41) is 4.42. The summed E-state index contributed by atoms with van der Waals surface area (Å²) in [6, 6.07) is 7.62. The Morgan fingerprint density at radius 2 is 1.86 bits per heavy atom. The molecule has 1 aromatic heterocycles. The average molecular weight is 396 g/mol. The lowest BCUT2D eigenvalue weighted by molar-refractivity contribution is -0.144. The van der Waals surface area contributed by atoms with Gasteiger partial charge in [0, 0.05) is 17.8 Å². The van der Waals surface area contributed by atoms with Crippen molar-refractivity contribution in [2.24, 2.45) is 0 Å². The van der Waals surface area contributed by atoms with Gasteiger partial charge in [0.1, 0.15) is 0 Å². The number of benzene rings is 1. The molecular weight excluding hydrogens is 368 g/mol. The van der Waals surface area contributed by atoms with Gasteiger partial charge in [-0.2, -0.15) is 5.10 Å². The maximum Gasteiger partial charge on any atom is 0.330 e. The Balaban J connectivity index is 1.79. The number of carbonyl (C=O) groups is 2. The first-order chi connectivity index (χ1) is 14.2. The quantitative estimate of drug-likeness (QED) is 0.335. The third kappa shape index (κ3) is 4.94. The van der Waals surface area contributed by atoms with Crippen LogP contribution in [0.5, 0.6) is 0 Å². The van der Waals surface area contributed by atoms with Crippen LogP contribution in [0.1, 0.15) is 63.1 Å². The van der Waals surface area contributed by atoms with Gasteiger partial charge in [-0.25, -0.2) is 4.79 Å². The molecule has 154 valence electrons. The second-order valence-corrected chi connectivity index (χ2v) is 7.12. The van der Waals surface area contributed by atoms with E-state index < -0.39 is 0 Å². The number of esters is 2. The lowest BCUT2D eigenvalue weighted by Crippen LogP contribution is -2.15. The van der Waals surface area contributed by atoms with Gasteiger partial charge in [0.25, 0.3) is 0 Å². The monoisotopic (exact) mass is 396 g/mol. The second kappa shape index (κ2) is 10.0. The molecule has 2 aromatic rings. The van der Waals surface area contributed by atoms with E-state index in [4.69, 9.17) is 9.47 Å². The highest BCUT2D eigenvalue weighted by molar-refractivity contribution is 5.90. The molecule has 1 aliphatic rings. The molecule has 0 fully saturated rings. The van der Waals surface area contributed by atoms with E-state index in [1.807, 2.05) is 28.9 Å². The molecular formula is C23H28N2O4. The Hall–Kier alpha value is -2.89. The summed E-state index contributed by atoms with van der Waals surface area (Å²) in [6.07, 6.45) is 8.88. The molecule has 1 aromatic carbocycles. The maximum absolute atomic E-state index is 12.3. The second-order valence-electron chi connectivity index (χ2n) is 7.12. The Morgan fingerprint density at radius 1 is 1.10 bits per heavy atom. The highest BCUT2D eigenvalue weighted by Crippen LogP contribution is 2.42. The van der Waals surface area contributed by atoms with Crippen LogP contribution in [0.4, 0.5) is 0 Å². The molecule has 29 heavy (non-hydrogen) atoms. The van der Waals surface area contributed by atoms with Gasteiger partial charge < -0.3 is 9.47 Å². The third-order valence-corrected chi connectivity index (χ3v) is 4.97. The van der Waals surface area contributed by atoms with Crippen LogP contribution in [0.15, 0.2) is 36.5 Å². The molecule has 0 bridgehead atoms. The molecule has 1 atom stereocenters. The normalized spacial score (nSPS) is 14.6. The summed E-state index contributed by atoms with van der Waals surface area (Å²) in [7, 11) is 0. The fourth-order valence-corrected chi connectivity index (χ4v) is 3.46. The number of rotatable bonds is 10. The summed E-state index contributed by atoms with van der Waals surface area (Å²) in [5.41, 5.74) is 3.85. The van der Waals surface area contributed by atoms with Gasteiger partial charge in [-0.15, -0.1) is 0 Å². The van der Waals surface area contributed by atoms with Crippen LogP contribution in [-0.2, 0) is 19.1 Å². The standard InChI is InChI=1S/C23H28N2O4/c1-3-5-14-28-21(26)11-10-17-8-7-9-18-20(16-22(27)29-15-6-4-2)25-19(23(17)18)12-13-24-25/h7-13,20H,3-6,14-16H2,1-2H3/b11-10+. The van der Waals surface area contributed by atoms with Crippen molar-refractivity contribution in [3.8, 4) is 11.3 Å². The predicted octanol–water partition coefficient (Wildman–Crippen LogP) is 4.54. The molecule has 0 aliphatic carbocycles. The minimum atomic E-state index is -0.349. The summed E-state index contributed by atoms with van der Waals surface area (Å²) in [4.78, 5) is 24.2. The first kappa shape index (κ1) is 20.8. The number of ether oxygens (including phenoxy) is 2. The molecule has 6 nitrogen and oxygen atoms in total. The molecule has 0 amide bonds. The first-order valence-corrected chi connectivity index (χ1v) is 10.3. The van der Waals surface area contributed by atoms with Crippen LogP contribution in [0.25, 0.3) is 17.3 Å². The number of aromatic nitrogens is 2. The van der Waals surface area contributed by atoms with Gasteiger partial charge in [-0.3, -0.25) is 9.48 Å². The van der Waals surface area contributed by atoms with E-state index in [1.165, 1.54) is 6.08 Å². The number of hydrogen-bond acceptors (Lipinski definition) is 5. The molecule has 3 rings (SSSR count). The summed E-state index contributed by atoms with van der Waals surface area (Å²) in [5.74, 6) is -0.572. The SMILES string of the molecule is CCCCOC(=O)/C=C/c1cccc2c1-c1ccnn1C2CC(=O)OCCCC. The first-order valence-electron chi connectivity index (χ1n) is 10.3. The fourth-order valence-electron chi connectivity index (χ4n) is 3.46. The van der Waals surface area contributed by atoms with E-state index in [-0.39, 0.29) is 24.4 Å². The number of carbonyl (C=O) groups excluding carboxylic acids is 2. The average Bonchev–Trinajstić information content (AvgIpc) is 3.29. The van der Waals surface area contributed by atoms with Crippen molar-refractivity contribution in [3.63, 3.8) is 0 Å². The van der Waals surface area contributed by atoms with Gasteiger partial charge in [-0.1, -0.05) is 44.9 Å². The van der Waals surface area contributed by atoms with Crippen LogP contribution < -0.4 is 0 Å². The lowest BCUT2D eigenvalue weighted by atomic mass is 9.96. The van der Waals surface area contributed by atoms with Gasteiger partial charge in [0.2, 0.25) is 0 Å². The van der Waals surface area contributed by atoms with Crippen molar-refractivity contribution in [1.82, 2.24) is 9.78 Å². The Bertz CT molecular complexity index is 885. The minimum absolute atomic E-state index is 0.200. The highest BCUT2D eigenvalue weighted by atomic mass is 16.5. The van der Waals surface area contributed by atoms with E-state index in [2.05, 4.69) is 18.9 Å². The van der Waals surface area contributed by atoms with Crippen molar-refractivity contribution < 1.29 is 19.1 Å². The number of nitrogens with zero attached hydrogens (tertiary/aromatic N) is 2. The molecule has 6 heteroatoms. The topological polar surface area (TPSA) is 70.4 Å². The number of hydrogen-bond donors (Lipinski definition) is 0. The maximum atomic E-state index is 12.3. The smallest absolute Gasteiger partial charge is 0.330 e. The van der Waals surface area contributed by atoms with E-state index in [9.17, 15) is 9.59 Å². The van der Waals surface area contributed by atoms with E-state index in [0.717, 1.165) is 48.1 Å². The Morgan fingerprint density at radius 3 is 2.62 bits per heavy atom. The molecule has 1 aliphatic heterocycles. The molecule has 1 unspecified atom stereocenters. The Labute approximate surface area is 171 Å². The number of fused-ring (bicyclic) bond motifs is 3. The van der Waals surface area contributed by atoms with Gasteiger partial charge in [0.05, 0.1) is 31.4 Å². The summed E-state index contributed by atoms with van der Waals surface area (Å²) < 4.78 is 12.4.